The van der Waals surface area contributed by atoms with E-state index in [4.69, 9.17) is 4.74 Å². The number of amides is 1. The van der Waals surface area contributed by atoms with Crippen molar-refractivity contribution in [1.82, 2.24) is 9.55 Å². The third-order valence-corrected chi connectivity index (χ3v) is 4.46. The SMILES string of the molecule is COc1ccc(C2CC(=O)Nc3c2ncn3-c2cc(F)ccc2F)cc1. The molecule has 1 aromatic heterocycles. The normalized spacial score (nSPS) is 16.1. The minimum Gasteiger partial charge on any atom is -0.497 e. The molecule has 7 heteroatoms. The summed E-state index contributed by atoms with van der Waals surface area (Å²) in [5.41, 5.74) is 1.50. The molecule has 0 aliphatic carbocycles. The van der Waals surface area contributed by atoms with E-state index < -0.39 is 11.6 Å². The van der Waals surface area contributed by atoms with Crippen LogP contribution in [0.25, 0.3) is 5.69 Å². The summed E-state index contributed by atoms with van der Waals surface area (Å²) in [7, 11) is 1.58. The average molecular weight is 355 g/mol. The fraction of sp³-hybridized carbons (Fsp3) is 0.158. The van der Waals surface area contributed by atoms with E-state index in [0.717, 1.165) is 23.8 Å². The van der Waals surface area contributed by atoms with Gasteiger partial charge in [0.2, 0.25) is 5.91 Å². The predicted molar refractivity (Wildman–Crippen MR) is 91.6 cm³/mol. The summed E-state index contributed by atoms with van der Waals surface area (Å²) in [4.78, 5) is 16.6. The zero-order valence-electron chi connectivity index (χ0n) is 13.9. The number of rotatable bonds is 3. The van der Waals surface area contributed by atoms with Gasteiger partial charge in [0.1, 0.15) is 29.5 Å². The highest BCUT2D eigenvalue weighted by atomic mass is 19.1. The molecule has 132 valence electrons. The molecule has 0 bridgehead atoms. The van der Waals surface area contributed by atoms with Crippen LogP contribution in [0.15, 0.2) is 48.8 Å². The van der Waals surface area contributed by atoms with Gasteiger partial charge in [-0.3, -0.25) is 9.36 Å². The Bertz CT molecular complexity index is 983. The lowest BCUT2D eigenvalue weighted by Crippen LogP contribution is -2.25. The first kappa shape index (κ1) is 16.3. The van der Waals surface area contributed by atoms with Crippen molar-refractivity contribution in [3.8, 4) is 11.4 Å². The smallest absolute Gasteiger partial charge is 0.226 e. The van der Waals surface area contributed by atoms with Crippen LogP contribution in [0.5, 0.6) is 5.75 Å². The van der Waals surface area contributed by atoms with E-state index in [0.29, 0.717) is 17.3 Å². The van der Waals surface area contributed by atoms with Crippen LogP contribution >= 0.6 is 0 Å². The Morgan fingerprint density at radius 1 is 1.19 bits per heavy atom. The number of ether oxygens (including phenoxy) is 1. The van der Waals surface area contributed by atoms with Crippen LogP contribution in [0.3, 0.4) is 0 Å². The van der Waals surface area contributed by atoms with E-state index in [1.54, 1.807) is 7.11 Å². The van der Waals surface area contributed by atoms with Crippen LogP contribution in [0.4, 0.5) is 14.6 Å². The molecule has 0 saturated heterocycles. The number of anilines is 1. The molecular weight excluding hydrogens is 340 g/mol. The number of fused-ring (bicyclic) bond motifs is 1. The molecule has 3 aromatic rings. The number of benzene rings is 2. The Balaban J connectivity index is 1.81. The van der Waals surface area contributed by atoms with Gasteiger partial charge in [0.15, 0.2) is 0 Å². The second kappa shape index (κ2) is 6.25. The number of hydrogen-bond donors (Lipinski definition) is 1. The largest absolute Gasteiger partial charge is 0.497 e. The number of nitrogens with zero attached hydrogens (tertiary/aromatic N) is 2. The highest BCUT2D eigenvalue weighted by Crippen LogP contribution is 2.38. The monoisotopic (exact) mass is 355 g/mol. The van der Waals surface area contributed by atoms with Gasteiger partial charge in [-0.05, 0) is 29.8 Å². The lowest BCUT2D eigenvalue weighted by atomic mass is 9.90. The maximum absolute atomic E-state index is 14.2. The molecule has 1 N–H and O–H groups in total. The third kappa shape index (κ3) is 2.71. The molecule has 0 saturated carbocycles. The second-order valence-electron chi connectivity index (χ2n) is 6.02. The Morgan fingerprint density at radius 3 is 2.69 bits per heavy atom. The van der Waals surface area contributed by atoms with Crippen molar-refractivity contribution in [1.29, 1.82) is 0 Å². The summed E-state index contributed by atoms with van der Waals surface area (Å²) in [5, 5.41) is 2.72. The molecule has 0 spiro atoms. The number of imidazole rings is 1. The topological polar surface area (TPSA) is 56.1 Å². The van der Waals surface area contributed by atoms with Crippen molar-refractivity contribution in [2.24, 2.45) is 0 Å². The molecule has 1 unspecified atom stereocenters. The fourth-order valence-electron chi connectivity index (χ4n) is 3.17. The molecule has 0 radical (unpaired) electrons. The molecule has 1 aliphatic rings. The lowest BCUT2D eigenvalue weighted by Gasteiger charge is -2.23. The molecule has 1 amide bonds. The van der Waals surface area contributed by atoms with E-state index in [-0.39, 0.29) is 23.9 Å². The number of hydrogen-bond acceptors (Lipinski definition) is 3. The molecule has 2 aromatic carbocycles. The number of nitrogens with one attached hydrogen (secondary N) is 1. The van der Waals surface area contributed by atoms with Gasteiger partial charge < -0.3 is 10.1 Å². The van der Waals surface area contributed by atoms with Crippen LogP contribution in [0.2, 0.25) is 0 Å². The first-order valence-electron chi connectivity index (χ1n) is 8.03. The molecule has 1 atom stereocenters. The maximum atomic E-state index is 14.2. The fourth-order valence-corrected chi connectivity index (χ4v) is 3.17. The third-order valence-electron chi connectivity index (χ3n) is 4.46. The van der Waals surface area contributed by atoms with Crippen LogP contribution in [-0.2, 0) is 4.79 Å². The zero-order chi connectivity index (χ0) is 18.3. The number of carbonyl (C=O) groups excluding carboxylic acids is 1. The molecule has 2 heterocycles. The van der Waals surface area contributed by atoms with Gasteiger partial charge in [0.05, 0.1) is 18.5 Å². The van der Waals surface area contributed by atoms with Gasteiger partial charge >= 0.3 is 0 Å². The zero-order valence-corrected chi connectivity index (χ0v) is 13.9. The quantitative estimate of drug-likeness (QED) is 0.781. The lowest BCUT2D eigenvalue weighted by molar-refractivity contribution is -0.116. The van der Waals surface area contributed by atoms with E-state index in [1.165, 1.54) is 10.9 Å². The van der Waals surface area contributed by atoms with Gasteiger partial charge in [-0.2, -0.15) is 0 Å². The first-order chi connectivity index (χ1) is 12.6. The molecule has 1 aliphatic heterocycles. The van der Waals surface area contributed by atoms with Crippen molar-refractivity contribution in [2.45, 2.75) is 12.3 Å². The number of methoxy groups -OCH3 is 1. The molecule has 0 fully saturated rings. The average Bonchev–Trinajstić information content (AvgIpc) is 3.06. The van der Waals surface area contributed by atoms with Crippen LogP contribution < -0.4 is 10.1 Å². The summed E-state index contributed by atoms with van der Waals surface area (Å²) in [5.74, 6) is -0.599. The van der Waals surface area contributed by atoms with Crippen LogP contribution in [0, 0.1) is 11.6 Å². The standard InChI is InChI=1S/C19H15F2N3O2/c1-26-13-5-2-11(3-6-13)14-9-17(25)23-19-18(14)22-10-24(19)16-8-12(20)4-7-15(16)21/h2-8,10,14H,9H2,1H3,(H,23,25). The van der Waals surface area contributed by atoms with Gasteiger partial charge in [-0.25, -0.2) is 13.8 Å². The van der Waals surface area contributed by atoms with Crippen molar-refractivity contribution < 1.29 is 18.3 Å². The van der Waals surface area contributed by atoms with E-state index >= 15 is 0 Å². The van der Waals surface area contributed by atoms with E-state index in [1.807, 2.05) is 24.3 Å². The highest BCUT2D eigenvalue weighted by Gasteiger charge is 2.31. The van der Waals surface area contributed by atoms with Gasteiger partial charge in [0.25, 0.3) is 0 Å². The van der Waals surface area contributed by atoms with E-state index in [2.05, 4.69) is 10.3 Å². The predicted octanol–water partition coefficient (Wildman–Crippen LogP) is 3.63. The summed E-state index contributed by atoms with van der Waals surface area (Å²) in [6.07, 6.45) is 1.62. The Hall–Kier alpha value is -3.22. The first-order valence-corrected chi connectivity index (χ1v) is 8.03. The van der Waals surface area contributed by atoms with E-state index in [9.17, 15) is 13.6 Å². The van der Waals surface area contributed by atoms with Crippen molar-refractivity contribution in [3.63, 3.8) is 0 Å². The Labute approximate surface area is 148 Å². The minimum atomic E-state index is -0.604. The number of halogens is 2. The van der Waals surface area contributed by atoms with Gasteiger partial charge in [-0.15, -0.1) is 0 Å². The van der Waals surface area contributed by atoms with Crippen molar-refractivity contribution in [2.75, 3.05) is 12.4 Å². The van der Waals surface area contributed by atoms with Gasteiger partial charge in [0, 0.05) is 18.4 Å². The maximum Gasteiger partial charge on any atom is 0.226 e. The minimum absolute atomic E-state index is 0.00516. The van der Waals surface area contributed by atoms with Crippen LogP contribution in [0.1, 0.15) is 23.6 Å². The number of aromatic nitrogens is 2. The van der Waals surface area contributed by atoms with Gasteiger partial charge in [-0.1, -0.05) is 12.1 Å². The summed E-state index contributed by atoms with van der Waals surface area (Å²) >= 11 is 0. The summed E-state index contributed by atoms with van der Waals surface area (Å²) in [6.45, 7) is 0. The molecular formula is C19H15F2N3O2. The van der Waals surface area contributed by atoms with Crippen LogP contribution in [-0.4, -0.2) is 22.6 Å². The molecule has 4 rings (SSSR count). The molecule has 26 heavy (non-hydrogen) atoms. The Kier molecular flexibility index (Phi) is 3.91. The Morgan fingerprint density at radius 2 is 1.96 bits per heavy atom. The summed E-state index contributed by atoms with van der Waals surface area (Å²) in [6, 6.07) is 10.5. The van der Waals surface area contributed by atoms with Crippen molar-refractivity contribution >= 4 is 11.7 Å². The van der Waals surface area contributed by atoms with Crippen molar-refractivity contribution in [3.05, 3.63) is 71.7 Å². The summed E-state index contributed by atoms with van der Waals surface area (Å²) < 4.78 is 34.2. The molecule has 5 nitrogen and oxygen atoms in total. The number of carbonyl (C=O) groups is 1. The second-order valence-corrected chi connectivity index (χ2v) is 6.02. The highest BCUT2D eigenvalue weighted by molar-refractivity contribution is 5.94.